The summed E-state index contributed by atoms with van der Waals surface area (Å²) in [6.07, 6.45) is 3.45. The fourth-order valence-electron chi connectivity index (χ4n) is 2.49. The van der Waals surface area contributed by atoms with E-state index in [0.717, 1.165) is 17.7 Å². The van der Waals surface area contributed by atoms with Gasteiger partial charge in [0.1, 0.15) is 0 Å². The average molecular weight is 297 g/mol. The molecule has 112 valence electrons. The smallest absolute Gasteiger partial charge is 0.411 e. The Morgan fingerprint density at radius 3 is 2.73 bits per heavy atom. The van der Waals surface area contributed by atoms with E-state index in [2.05, 4.69) is 15.0 Å². The highest BCUT2D eigenvalue weighted by Crippen LogP contribution is 2.32. The number of carbonyl (C=O) groups is 2. The Kier molecular flexibility index (Phi) is 3.74. The molecule has 0 spiro atoms. The number of ether oxygens (including phenoxy) is 1. The zero-order valence-electron chi connectivity index (χ0n) is 12.1. The van der Waals surface area contributed by atoms with E-state index < -0.39 is 6.09 Å². The van der Waals surface area contributed by atoms with Gasteiger partial charge in [0.15, 0.2) is 0 Å². The number of nitrogens with zero attached hydrogens (tertiary/aromatic N) is 2. The molecule has 1 N–H and O–H groups in total. The van der Waals surface area contributed by atoms with Crippen molar-refractivity contribution in [3.05, 3.63) is 53.9 Å². The second-order valence-electron chi connectivity index (χ2n) is 4.90. The second kappa shape index (κ2) is 5.85. The van der Waals surface area contributed by atoms with E-state index in [1.54, 1.807) is 41.6 Å². The molecule has 0 saturated carbocycles. The minimum Gasteiger partial charge on any atom is -0.453 e. The van der Waals surface area contributed by atoms with Gasteiger partial charge in [-0.3, -0.25) is 15.1 Å². The lowest BCUT2D eigenvalue weighted by Crippen LogP contribution is -2.28. The molecule has 0 saturated heterocycles. The van der Waals surface area contributed by atoms with E-state index in [9.17, 15) is 9.59 Å². The molecule has 2 aromatic rings. The number of aromatic nitrogens is 1. The van der Waals surface area contributed by atoms with Gasteiger partial charge in [0.25, 0.3) is 5.91 Å². The predicted molar refractivity (Wildman–Crippen MR) is 82.1 cm³/mol. The normalized spacial score (nSPS) is 12.7. The number of rotatable bonds is 2. The minimum atomic E-state index is -0.537. The Morgan fingerprint density at radius 2 is 2.00 bits per heavy atom. The maximum absolute atomic E-state index is 12.6. The van der Waals surface area contributed by atoms with Gasteiger partial charge >= 0.3 is 6.09 Å². The molecule has 1 aliphatic rings. The Hall–Kier alpha value is -2.89. The summed E-state index contributed by atoms with van der Waals surface area (Å²) in [5.41, 5.74) is 3.09. The first-order valence-corrected chi connectivity index (χ1v) is 6.89. The zero-order chi connectivity index (χ0) is 15.5. The number of nitrogens with one attached hydrogen (secondary N) is 1. The quantitative estimate of drug-likeness (QED) is 0.924. The third kappa shape index (κ3) is 2.63. The Bertz CT molecular complexity index is 716. The molecule has 6 heteroatoms. The monoisotopic (exact) mass is 297 g/mol. The van der Waals surface area contributed by atoms with Gasteiger partial charge in [0.05, 0.1) is 7.11 Å². The largest absolute Gasteiger partial charge is 0.453 e. The lowest BCUT2D eigenvalue weighted by atomic mass is 10.1. The van der Waals surface area contributed by atoms with Gasteiger partial charge in [-0.15, -0.1) is 0 Å². The number of fused-ring (bicyclic) bond motifs is 1. The highest BCUT2D eigenvalue weighted by molar-refractivity contribution is 6.07. The van der Waals surface area contributed by atoms with Crippen LogP contribution in [0.1, 0.15) is 15.9 Å². The van der Waals surface area contributed by atoms with E-state index in [4.69, 9.17) is 0 Å². The molecular formula is C16H15N3O3. The lowest BCUT2D eigenvalue weighted by molar-refractivity contribution is 0.0989. The van der Waals surface area contributed by atoms with Gasteiger partial charge in [-0.25, -0.2) is 4.79 Å². The van der Waals surface area contributed by atoms with Gasteiger partial charge in [0, 0.05) is 35.9 Å². The Balaban J connectivity index is 1.88. The van der Waals surface area contributed by atoms with E-state index in [1.165, 1.54) is 7.11 Å². The maximum Gasteiger partial charge on any atom is 0.411 e. The number of amides is 2. The highest BCUT2D eigenvalue weighted by Gasteiger charge is 2.26. The lowest BCUT2D eigenvalue weighted by Gasteiger charge is -2.18. The van der Waals surface area contributed by atoms with Crippen LogP contribution in [-0.2, 0) is 11.2 Å². The van der Waals surface area contributed by atoms with Gasteiger partial charge in [-0.1, -0.05) is 6.07 Å². The van der Waals surface area contributed by atoms with Crippen molar-refractivity contribution in [1.29, 1.82) is 0 Å². The first kappa shape index (κ1) is 14.1. The molecule has 3 rings (SSSR count). The molecule has 6 nitrogen and oxygen atoms in total. The fraction of sp³-hybridized carbons (Fsp3) is 0.188. The third-order valence-electron chi connectivity index (χ3n) is 3.59. The first-order valence-electron chi connectivity index (χ1n) is 6.89. The molecule has 0 radical (unpaired) electrons. The third-order valence-corrected chi connectivity index (χ3v) is 3.59. The summed E-state index contributed by atoms with van der Waals surface area (Å²) in [5, 5.41) is 2.61. The van der Waals surface area contributed by atoms with Crippen molar-refractivity contribution in [2.24, 2.45) is 0 Å². The first-order chi connectivity index (χ1) is 10.7. The van der Waals surface area contributed by atoms with Crippen LogP contribution in [0, 0.1) is 0 Å². The van der Waals surface area contributed by atoms with Crippen molar-refractivity contribution in [3.63, 3.8) is 0 Å². The predicted octanol–water partition coefficient (Wildman–Crippen LogP) is 2.46. The van der Waals surface area contributed by atoms with Gasteiger partial charge in [-0.2, -0.15) is 0 Å². The molecule has 1 aromatic carbocycles. The molecule has 0 bridgehead atoms. The van der Waals surface area contributed by atoms with Crippen LogP contribution in [0.25, 0.3) is 0 Å². The number of methoxy groups -OCH3 is 1. The van der Waals surface area contributed by atoms with Crippen LogP contribution in [0.15, 0.2) is 42.7 Å². The Morgan fingerprint density at radius 1 is 1.23 bits per heavy atom. The highest BCUT2D eigenvalue weighted by atomic mass is 16.5. The summed E-state index contributed by atoms with van der Waals surface area (Å²) in [5.74, 6) is -0.0728. The number of carbonyl (C=O) groups excluding carboxylic acids is 2. The van der Waals surface area contributed by atoms with Crippen molar-refractivity contribution in [3.8, 4) is 0 Å². The summed E-state index contributed by atoms with van der Waals surface area (Å²) in [6, 6.07) is 8.89. The molecule has 0 unspecified atom stereocenters. The van der Waals surface area contributed by atoms with Crippen LogP contribution in [0.2, 0.25) is 0 Å². The minimum absolute atomic E-state index is 0.0728. The summed E-state index contributed by atoms with van der Waals surface area (Å²) in [7, 11) is 1.31. The van der Waals surface area contributed by atoms with Crippen molar-refractivity contribution < 1.29 is 14.3 Å². The maximum atomic E-state index is 12.6. The molecule has 2 heterocycles. The standard InChI is InChI=1S/C16H15N3O3/c1-22-16(21)18-13-3-2-11-6-9-19(14(11)10-13)15(20)12-4-7-17-8-5-12/h2-5,7-8,10H,6,9H2,1H3,(H,18,21). The second-order valence-corrected chi connectivity index (χ2v) is 4.90. The zero-order valence-corrected chi connectivity index (χ0v) is 12.1. The number of hydrogen-bond acceptors (Lipinski definition) is 4. The van der Waals surface area contributed by atoms with Crippen LogP contribution >= 0.6 is 0 Å². The SMILES string of the molecule is COC(=O)Nc1ccc2c(c1)N(C(=O)c1ccncc1)CC2. The van der Waals surface area contributed by atoms with Gasteiger partial charge in [-0.05, 0) is 36.2 Å². The molecule has 1 aliphatic heterocycles. The molecular weight excluding hydrogens is 282 g/mol. The van der Waals surface area contributed by atoms with E-state index in [-0.39, 0.29) is 5.91 Å². The average Bonchev–Trinajstić information content (AvgIpc) is 2.98. The van der Waals surface area contributed by atoms with Crippen molar-refractivity contribution in [2.45, 2.75) is 6.42 Å². The van der Waals surface area contributed by atoms with Crippen LogP contribution in [0.3, 0.4) is 0 Å². The summed E-state index contributed by atoms with van der Waals surface area (Å²) < 4.78 is 4.58. The van der Waals surface area contributed by atoms with E-state index in [0.29, 0.717) is 17.8 Å². The molecule has 0 aliphatic carbocycles. The number of hydrogen-bond donors (Lipinski definition) is 1. The number of anilines is 2. The fourth-order valence-corrected chi connectivity index (χ4v) is 2.49. The van der Waals surface area contributed by atoms with E-state index in [1.807, 2.05) is 6.07 Å². The summed E-state index contributed by atoms with van der Waals surface area (Å²) in [6.45, 7) is 0.623. The van der Waals surface area contributed by atoms with Crippen molar-refractivity contribution in [1.82, 2.24) is 4.98 Å². The van der Waals surface area contributed by atoms with Crippen LogP contribution in [-0.4, -0.2) is 30.6 Å². The molecule has 1 aromatic heterocycles. The summed E-state index contributed by atoms with van der Waals surface area (Å²) >= 11 is 0. The molecule has 22 heavy (non-hydrogen) atoms. The topological polar surface area (TPSA) is 71.5 Å². The van der Waals surface area contributed by atoms with Crippen LogP contribution in [0.4, 0.5) is 16.2 Å². The van der Waals surface area contributed by atoms with E-state index >= 15 is 0 Å². The molecule has 0 atom stereocenters. The van der Waals surface area contributed by atoms with Crippen molar-refractivity contribution >= 4 is 23.4 Å². The molecule has 0 fully saturated rings. The van der Waals surface area contributed by atoms with Crippen LogP contribution < -0.4 is 10.2 Å². The van der Waals surface area contributed by atoms with Crippen molar-refractivity contribution in [2.75, 3.05) is 23.9 Å². The summed E-state index contributed by atoms with van der Waals surface area (Å²) in [4.78, 5) is 29.5. The van der Waals surface area contributed by atoms with Gasteiger partial charge in [0.2, 0.25) is 0 Å². The number of benzene rings is 1. The Labute approximate surface area is 127 Å². The van der Waals surface area contributed by atoms with Gasteiger partial charge < -0.3 is 9.64 Å². The van der Waals surface area contributed by atoms with Crippen LogP contribution in [0.5, 0.6) is 0 Å². The molecule has 2 amide bonds. The number of pyridine rings is 1.